The fourth-order valence-electron chi connectivity index (χ4n) is 3.00. The molecule has 1 atom stereocenters. The number of hydrogen-bond donors (Lipinski definition) is 2. The van der Waals surface area contributed by atoms with Crippen LogP contribution in [0.3, 0.4) is 0 Å². The van der Waals surface area contributed by atoms with Crippen LogP contribution in [0.15, 0.2) is 10.4 Å². The molecule has 2 heterocycles. The van der Waals surface area contributed by atoms with Crippen LogP contribution in [0.5, 0.6) is 0 Å². The highest BCUT2D eigenvalue weighted by Gasteiger charge is 2.27. The van der Waals surface area contributed by atoms with Gasteiger partial charge in [0.05, 0.1) is 16.7 Å². The Kier molecular flexibility index (Phi) is 7.91. The van der Waals surface area contributed by atoms with Crippen molar-refractivity contribution in [3.05, 3.63) is 16.1 Å². The van der Waals surface area contributed by atoms with E-state index in [4.69, 9.17) is 14.7 Å². The van der Waals surface area contributed by atoms with Gasteiger partial charge in [0.1, 0.15) is 5.60 Å². The Balaban J connectivity index is 1.89. The van der Waals surface area contributed by atoms with Crippen LogP contribution in [0.2, 0.25) is 0 Å². The molecule has 8 heteroatoms. The van der Waals surface area contributed by atoms with Crippen LogP contribution in [0.4, 0.5) is 4.79 Å². The summed E-state index contributed by atoms with van der Waals surface area (Å²) in [5.41, 5.74) is 0.740. The molecule has 1 unspecified atom stereocenters. The number of carbonyl (C=O) groups excluding carboxylic acids is 1. The summed E-state index contributed by atoms with van der Waals surface area (Å²) in [6.45, 7) is 17.3. The first-order valence-electron chi connectivity index (χ1n) is 10.5. The van der Waals surface area contributed by atoms with Crippen molar-refractivity contribution in [2.45, 2.75) is 78.4 Å². The third-order valence-corrected chi connectivity index (χ3v) is 5.36. The van der Waals surface area contributed by atoms with E-state index < -0.39 is 5.60 Å². The van der Waals surface area contributed by atoms with Gasteiger partial charge in [-0.1, -0.05) is 20.8 Å². The molecule has 1 aromatic rings. The molecule has 1 aliphatic rings. The number of carbonyl (C=O) groups is 1. The lowest BCUT2D eigenvalue weighted by atomic mass is 9.93. The molecule has 1 fully saturated rings. The second kappa shape index (κ2) is 9.78. The molecule has 1 aromatic heterocycles. The number of nitrogens with zero attached hydrogens (tertiary/aromatic N) is 3. The zero-order valence-electron chi connectivity index (χ0n) is 19.0. The summed E-state index contributed by atoms with van der Waals surface area (Å²) >= 11 is 1.71. The zero-order valence-corrected chi connectivity index (χ0v) is 19.8. The molecule has 0 saturated carbocycles. The van der Waals surface area contributed by atoms with Crippen molar-refractivity contribution >= 4 is 23.4 Å². The number of ether oxygens (including phenoxy) is 1. The number of rotatable bonds is 5. The van der Waals surface area contributed by atoms with Crippen LogP contribution < -0.4 is 10.6 Å². The molecule has 7 nitrogen and oxygen atoms in total. The van der Waals surface area contributed by atoms with Crippen molar-refractivity contribution in [1.29, 1.82) is 0 Å². The first-order chi connectivity index (χ1) is 13.5. The first-order valence-corrected chi connectivity index (χ1v) is 11.3. The summed E-state index contributed by atoms with van der Waals surface area (Å²) in [6, 6.07) is 0.0713. The Bertz CT molecular complexity index is 703. The Labute approximate surface area is 179 Å². The molecule has 29 heavy (non-hydrogen) atoms. The number of aromatic nitrogens is 1. The van der Waals surface area contributed by atoms with Gasteiger partial charge in [-0.2, -0.15) is 0 Å². The number of aliphatic imine (C=N–C) groups is 1. The minimum Gasteiger partial charge on any atom is -0.444 e. The predicted octanol–water partition coefficient (Wildman–Crippen LogP) is 3.55. The minimum atomic E-state index is -0.485. The number of guanidine groups is 1. The van der Waals surface area contributed by atoms with Gasteiger partial charge >= 0.3 is 6.09 Å². The summed E-state index contributed by atoms with van der Waals surface area (Å²) in [5.74, 6) is 0.897. The smallest absolute Gasteiger partial charge is 0.407 e. The van der Waals surface area contributed by atoms with E-state index >= 15 is 0 Å². The number of thiazole rings is 1. The Hall–Kier alpha value is -1.83. The largest absolute Gasteiger partial charge is 0.444 e. The number of nitrogens with one attached hydrogen (secondary N) is 2. The van der Waals surface area contributed by atoms with Crippen LogP contribution in [0.25, 0.3) is 0 Å². The van der Waals surface area contributed by atoms with Gasteiger partial charge < -0.3 is 20.3 Å². The van der Waals surface area contributed by atoms with E-state index in [0.29, 0.717) is 6.54 Å². The van der Waals surface area contributed by atoms with Crippen LogP contribution in [0.1, 0.15) is 65.6 Å². The number of hydrogen-bond acceptors (Lipinski definition) is 5. The maximum atomic E-state index is 12.0. The fourth-order valence-corrected chi connectivity index (χ4v) is 4.01. The van der Waals surface area contributed by atoms with Gasteiger partial charge in [0.2, 0.25) is 0 Å². The highest BCUT2D eigenvalue weighted by atomic mass is 32.1. The molecular formula is C21H37N5O2S. The summed E-state index contributed by atoms with van der Waals surface area (Å²) in [4.78, 5) is 23.8. The Morgan fingerprint density at radius 1 is 1.34 bits per heavy atom. The first kappa shape index (κ1) is 23.4. The second-order valence-corrected chi connectivity index (χ2v) is 10.4. The van der Waals surface area contributed by atoms with Gasteiger partial charge in [-0.25, -0.2) is 9.78 Å². The average Bonchev–Trinajstić information content (AvgIpc) is 3.21. The summed E-state index contributed by atoms with van der Waals surface area (Å²) < 4.78 is 5.36. The lowest BCUT2D eigenvalue weighted by Gasteiger charge is -2.23. The van der Waals surface area contributed by atoms with Crippen LogP contribution in [-0.4, -0.2) is 59.8 Å². The number of amides is 1. The molecule has 0 bridgehead atoms. The molecule has 0 aliphatic carbocycles. The van der Waals surface area contributed by atoms with E-state index in [1.807, 2.05) is 20.8 Å². The van der Waals surface area contributed by atoms with Crippen molar-refractivity contribution < 1.29 is 9.53 Å². The van der Waals surface area contributed by atoms with Crippen LogP contribution >= 0.6 is 11.3 Å². The fraction of sp³-hybridized carbons (Fsp3) is 0.762. The van der Waals surface area contributed by atoms with Crippen LogP contribution in [-0.2, 0) is 16.6 Å². The van der Waals surface area contributed by atoms with Gasteiger partial charge in [0, 0.05) is 43.4 Å². The van der Waals surface area contributed by atoms with Crippen LogP contribution in [0, 0.1) is 0 Å². The quantitative estimate of drug-likeness (QED) is 0.559. The zero-order chi connectivity index (χ0) is 21.7. The van der Waals surface area contributed by atoms with E-state index in [-0.39, 0.29) is 17.6 Å². The van der Waals surface area contributed by atoms with Crippen molar-refractivity contribution in [1.82, 2.24) is 20.5 Å². The van der Waals surface area contributed by atoms with Gasteiger partial charge in [-0.3, -0.25) is 4.99 Å². The molecule has 1 saturated heterocycles. The maximum absolute atomic E-state index is 12.0. The average molecular weight is 424 g/mol. The van der Waals surface area contributed by atoms with E-state index in [1.54, 1.807) is 11.3 Å². The van der Waals surface area contributed by atoms with Gasteiger partial charge in [-0.15, -0.1) is 11.3 Å². The van der Waals surface area contributed by atoms with Gasteiger partial charge in [-0.05, 0) is 34.1 Å². The van der Waals surface area contributed by atoms with Crippen molar-refractivity contribution in [3.63, 3.8) is 0 Å². The van der Waals surface area contributed by atoms with Crippen molar-refractivity contribution in [2.24, 2.45) is 4.99 Å². The van der Waals surface area contributed by atoms with Crippen molar-refractivity contribution in [2.75, 3.05) is 26.2 Å². The Morgan fingerprint density at radius 2 is 2.07 bits per heavy atom. The van der Waals surface area contributed by atoms with E-state index in [1.165, 1.54) is 0 Å². The van der Waals surface area contributed by atoms with E-state index in [0.717, 1.165) is 49.1 Å². The molecule has 2 N–H and O–H groups in total. The molecule has 0 aromatic carbocycles. The van der Waals surface area contributed by atoms with Gasteiger partial charge in [0.15, 0.2) is 5.96 Å². The molecule has 0 spiro atoms. The van der Waals surface area contributed by atoms with Crippen molar-refractivity contribution in [3.8, 4) is 0 Å². The second-order valence-electron chi connectivity index (χ2n) is 9.44. The molecule has 164 valence electrons. The summed E-state index contributed by atoms with van der Waals surface area (Å²) in [7, 11) is 0. The van der Waals surface area contributed by atoms with E-state index in [2.05, 4.69) is 48.6 Å². The molecule has 1 amide bonds. The SMILES string of the molecule is CCNC(=NCCc1nc(C(C)(C)C)cs1)N1CCC(NC(=O)OC(C)(C)C)C1. The normalized spacial score (nSPS) is 18.1. The van der Waals surface area contributed by atoms with Gasteiger partial charge in [0.25, 0.3) is 0 Å². The number of alkyl carbamates (subject to hydrolysis) is 1. The lowest BCUT2D eigenvalue weighted by Crippen LogP contribution is -2.44. The third-order valence-electron chi connectivity index (χ3n) is 4.45. The standard InChI is InChI=1S/C21H37N5O2S/c1-8-22-18(23-11-9-17-25-16(14-29-17)20(2,3)4)26-12-10-15(13-26)24-19(27)28-21(5,6)7/h14-15H,8-13H2,1-7H3,(H,22,23)(H,24,27). The Morgan fingerprint density at radius 3 is 2.66 bits per heavy atom. The lowest BCUT2D eigenvalue weighted by molar-refractivity contribution is 0.0507. The molecule has 0 radical (unpaired) electrons. The van der Waals surface area contributed by atoms with E-state index in [9.17, 15) is 4.79 Å². The summed E-state index contributed by atoms with van der Waals surface area (Å²) in [6.07, 6.45) is 1.36. The third kappa shape index (κ3) is 7.84. The minimum absolute atomic E-state index is 0.0713. The highest BCUT2D eigenvalue weighted by Crippen LogP contribution is 2.24. The predicted molar refractivity (Wildman–Crippen MR) is 120 cm³/mol. The molecule has 2 rings (SSSR count). The maximum Gasteiger partial charge on any atom is 0.407 e. The monoisotopic (exact) mass is 423 g/mol. The summed E-state index contributed by atoms with van der Waals surface area (Å²) in [5, 5.41) is 9.61. The number of likely N-dealkylation sites (tertiary alicyclic amines) is 1. The topological polar surface area (TPSA) is 78.9 Å². The molecule has 1 aliphatic heterocycles. The highest BCUT2D eigenvalue weighted by molar-refractivity contribution is 7.09. The molecular weight excluding hydrogens is 386 g/mol.